The molecule has 0 radical (unpaired) electrons. The number of carbonyl (C=O) groups excluding carboxylic acids is 1. The first-order valence-corrected chi connectivity index (χ1v) is 30.6. The highest BCUT2D eigenvalue weighted by atomic mass is 31.2. The lowest BCUT2D eigenvalue weighted by atomic mass is 9.85. The highest BCUT2D eigenvalue weighted by Crippen LogP contribution is 2.47. The molecule has 1 rings (SSSR count). The Balaban J connectivity index is 2.29. The van der Waals surface area contributed by atoms with Crippen molar-refractivity contribution in [3.05, 3.63) is 60.8 Å². The number of ether oxygens (including phenoxy) is 2. The average Bonchev–Trinajstić information content (AvgIpc) is 3.37. The largest absolute Gasteiger partial charge is 0.472 e. The van der Waals surface area contributed by atoms with E-state index in [1.165, 1.54) is 135 Å². The van der Waals surface area contributed by atoms with Gasteiger partial charge >= 0.3 is 13.8 Å². The maximum Gasteiger partial charge on any atom is 0.472 e. The maximum absolute atomic E-state index is 12.9. The monoisotopic (exact) mass is 1040 g/mol. The van der Waals surface area contributed by atoms with Gasteiger partial charge in [-0.05, 0) is 57.8 Å². The SMILES string of the molecule is CC/C=C\C/C=C\C/C=C\C/C=C\C/C=C\CCCCCCCC(=O)OC(COCCCCCCCCCCCCCCCCCCCCCCCCCC)COP(=O)(O)OC1C(O)C(O)C(O)C(O)C1O. The van der Waals surface area contributed by atoms with Gasteiger partial charge < -0.3 is 39.9 Å². The molecule has 0 aliphatic heterocycles. The normalized spacial score (nSPS) is 21.1. The van der Waals surface area contributed by atoms with E-state index in [-0.39, 0.29) is 13.0 Å². The van der Waals surface area contributed by atoms with Gasteiger partial charge in [0.15, 0.2) is 0 Å². The Morgan fingerprint density at radius 1 is 0.458 bits per heavy atom. The molecule has 1 aliphatic rings. The van der Waals surface area contributed by atoms with Gasteiger partial charge in [-0.3, -0.25) is 13.8 Å². The molecule has 0 bridgehead atoms. The van der Waals surface area contributed by atoms with E-state index >= 15 is 0 Å². The first kappa shape index (κ1) is 68.1. The molecule has 0 heterocycles. The van der Waals surface area contributed by atoms with Gasteiger partial charge in [-0.2, -0.15) is 0 Å². The van der Waals surface area contributed by atoms with Gasteiger partial charge in [0.05, 0.1) is 13.2 Å². The van der Waals surface area contributed by atoms with E-state index in [9.17, 15) is 39.8 Å². The summed E-state index contributed by atoms with van der Waals surface area (Å²) in [5, 5.41) is 50.4. The second kappa shape index (κ2) is 48.7. The summed E-state index contributed by atoms with van der Waals surface area (Å²) >= 11 is 0. The number of unbranched alkanes of at least 4 members (excludes halogenated alkanes) is 28. The van der Waals surface area contributed by atoms with Crippen LogP contribution in [0.3, 0.4) is 0 Å². The van der Waals surface area contributed by atoms with Gasteiger partial charge in [0.25, 0.3) is 0 Å². The van der Waals surface area contributed by atoms with Crippen molar-refractivity contribution in [3.8, 4) is 0 Å². The minimum Gasteiger partial charge on any atom is -0.457 e. The molecule has 0 aromatic carbocycles. The fourth-order valence-corrected chi connectivity index (χ4v) is 9.83. The number of rotatable bonds is 50. The topological polar surface area (TPSA) is 192 Å². The van der Waals surface area contributed by atoms with Crippen LogP contribution < -0.4 is 0 Å². The maximum atomic E-state index is 12.9. The number of phosphoric ester groups is 1. The number of esters is 1. The molecule has 1 aliphatic carbocycles. The van der Waals surface area contributed by atoms with Crippen LogP contribution in [0.25, 0.3) is 0 Å². The van der Waals surface area contributed by atoms with E-state index < -0.39 is 63.1 Å². The summed E-state index contributed by atoms with van der Waals surface area (Å²) in [5.74, 6) is -0.493. The van der Waals surface area contributed by atoms with Crippen molar-refractivity contribution >= 4 is 13.8 Å². The highest BCUT2D eigenvalue weighted by molar-refractivity contribution is 7.47. The van der Waals surface area contributed by atoms with E-state index in [0.29, 0.717) is 13.0 Å². The molecule has 0 saturated heterocycles. The fourth-order valence-electron chi connectivity index (χ4n) is 8.86. The van der Waals surface area contributed by atoms with Crippen LogP contribution in [0.4, 0.5) is 0 Å². The van der Waals surface area contributed by atoms with E-state index in [1.807, 2.05) is 0 Å². The van der Waals surface area contributed by atoms with Gasteiger partial charge in [-0.15, -0.1) is 0 Å². The predicted molar refractivity (Wildman–Crippen MR) is 295 cm³/mol. The Morgan fingerprint density at radius 2 is 0.819 bits per heavy atom. The lowest BCUT2D eigenvalue weighted by molar-refractivity contribution is -0.220. The summed E-state index contributed by atoms with van der Waals surface area (Å²) in [7, 11) is -5.03. The van der Waals surface area contributed by atoms with E-state index in [0.717, 1.165) is 83.5 Å². The van der Waals surface area contributed by atoms with E-state index in [1.54, 1.807) is 0 Å². The van der Waals surface area contributed by atoms with Gasteiger partial charge in [0.2, 0.25) is 0 Å². The summed E-state index contributed by atoms with van der Waals surface area (Å²) in [4.78, 5) is 23.3. The van der Waals surface area contributed by atoms with Crippen LogP contribution in [0, 0.1) is 0 Å². The second-order valence-electron chi connectivity index (χ2n) is 20.1. The zero-order valence-corrected chi connectivity index (χ0v) is 46.4. The Kier molecular flexibility index (Phi) is 46.0. The van der Waals surface area contributed by atoms with E-state index in [2.05, 4.69) is 74.6 Å². The van der Waals surface area contributed by atoms with Crippen LogP contribution in [-0.4, -0.2) is 98.9 Å². The molecular weight excluding hydrogens is 932 g/mol. The number of aliphatic hydroxyl groups is 5. The molecule has 0 spiro atoms. The van der Waals surface area contributed by atoms with Gasteiger partial charge in [0, 0.05) is 13.0 Å². The summed E-state index contributed by atoms with van der Waals surface area (Å²) in [6.45, 7) is 4.17. The van der Waals surface area contributed by atoms with Crippen molar-refractivity contribution in [2.45, 2.75) is 288 Å². The molecule has 12 nitrogen and oxygen atoms in total. The summed E-state index contributed by atoms with van der Waals surface area (Å²) < 4.78 is 34.4. The Morgan fingerprint density at radius 3 is 1.25 bits per heavy atom. The Bertz CT molecular complexity index is 1420. The predicted octanol–water partition coefficient (Wildman–Crippen LogP) is 14.1. The van der Waals surface area contributed by atoms with Crippen molar-refractivity contribution in [2.75, 3.05) is 19.8 Å². The average molecular weight is 1040 g/mol. The zero-order chi connectivity index (χ0) is 52.6. The summed E-state index contributed by atoms with van der Waals surface area (Å²) in [5.41, 5.74) is 0. The third-order valence-corrected chi connectivity index (χ3v) is 14.4. The lowest BCUT2D eigenvalue weighted by Gasteiger charge is -2.41. The fraction of sp³-hybridized carbons (Fsp3) is 0.814. The van der Waals surface area contributed by atoms with Crippen LogP contribution in [-0.2, 0) is 27.9 Å². The van der Waals surface area contributed by atoms with Crippen molar-refractivity contribution in [3.63, 3.8) is 0 Å². The third kappa shape index (κ3) is 39.5. The Labute approximate surface area is 438 Å². The molecule has 72 heavy (non-hydrogen) atoms. The summed E-state index contributed by atoms with van der Waals surface area (Å²) in [6.07, 6.45) is 51.5. The smallest absolute Gasteiger partial charge is 0.457 e. The highest BCUT2D eigenvalue weighted by Gasteiger charge is 2.51. The van der Waals surface area contributed by atoms with Crippen molar-refractivity contribution in [1.29, 1.82) is 0 Å². The van der Waals surface area contributed by atoms with Crippen LogP contribution in [0.15, 0.2) is 60.8 Å². The number of phosphoric acid groups is 1. The number of hydrogen-bond donors (Lipinski definition) is 6. The molecule has 6 unspecified atom stereocenters. The molecule has 13 heteroatoms. The number of carbonyl (C=O) groups is 1. The quantitative estimate of drug-likeness (QED) is 0.0146. The van der Waals surface area contributed by atoms with E-state index in [4.69, 9.17) is 18.5 Å². The molecular formula is C59H107O12P. The van der Waals surface area contributed by atoms with Crippen molar-refractivity contribution in [1.82, 2.24) is 0 Å². The minimum absolute atomic E-state index is 0.0841. The van der Waals surface area contributed by atoms with Crippen LogP contribution >= 0.6 is 7.82 Å². The van der Waals surface area contributed by atoms with Crippen molar-refractivity contribution < 1.29 is 58.3 Å². The minimum atomic E-state index is -5.03. The molecule has 1 fully saturated rings. The zero-order valence-electron chi connectivity index (χ0n) is 45.5. The number of allylic oxidation sites excluding steroid dienone is 10. The van der Waals surface area contributed by atoms with Gasteiger partial charge in [-0.25, -0.2) is 4.57 Å². The molecule has 6 N–H and O–H groups in total. The summed E-state index contributed by atoms with van der Waals surface area (Å²) in [6, 6.07) is 0. The molecule has 1 saturated carbocycles. The van der Waals surface area contributed by atoms with Crippen LogP contribution in [0.2, 0.25) is 0 Å². The van der Waals surface area contributed by atoms with Gasteiger partial charge in [0.1, 0.15) is 42.7 Å². The molecule has 0 aromatic rings. The van der Waals surface area contributed by atoms with Crippen LogP contribution in [0.1, 0.15) is 245 Å². The molecule has 0 amide bonds. The van der Waals surface area contributed by atoms with Gasteiger partial charge in [-0.1, -0.05) is 242 Å². The second-order valence-corrected chi connectivity index (χ2v) is 21.5. The Hall–Kier alpha value is -1.96. The standard InChI is InChI=1S/C59H107O12P/c1-3-5-7-9-11-13-15-17-19-21-23-25-26-27-29-31-33-35-37-39-41-43-45-47-49-68-50-52(51-69-72(66,67)71-59-57(64)55(62)54(61)56(63)58(59)65)70-53(60)48-46-44-42-40-38-36-34-32-30-28-24-22-20-18-16-14-12-10-8-6-4-2/h6,8,12,14,18,20,24,28,32,34,52,54-59,61-65H,3-5,7,9-11,13,15-17,19,21-23,25-27,29-31,33,35-51H2,1-2H3,(H,66,67)/b8-6-,14-12-,20-18-,28-24-,34-32-. The lowest BCUT2D eigenvalue weighted by Crippen LogP contribution is -2.64. The molecule has 6 atom stereocenters. The third-order valence-electron chi connectivity index (χ3n) is 13.4. The van der Waals surface area contributed by atoms with Crippen molar-refractivity contribution in [2.24, 2.45) is 0 Å². The molecule has 0 aromatic heterocycles. The number of aliphatic hydroxyl groups excluding tert-OH is 5. The molecule has 420 valence electrons. The first-order valence-electron chi connectivity index (χ1n) is 29.1. The number of hydrogen-bond acceptors (Lipinski definition) is 11. The van der Waals surface area contributed by atoms with Crippen LogP contribution in [0.5, 0.6) is 0 Å². The first-order chi connectivity index (χ1) is 35.0.